The Labute approximate surface area is 149 Å². The third-order valence-corrected chi connectivity index (χ3v) is 5.02. The summed E-state index contributed by atoms with van der Waals surface area (Å²) in [5.41, 5.74) is 7.25. The van der Waals surface area contributed by atoms with Crippen molar-refractivity contribution in [2.75, 3.05) is 0 Å². The smallest absolute Gasteiger partial charge is 0.135 e. The zero-order valence-electron chi connectivity index (χ0n) is 15.3. The Morgan fingerprint density at radius 1 is 0.600 bits per heavy atom. The Morgan fingerprint density at radius 3 is 1.92 bits per heavy atom. The molecule has 0 aliphatic carbocycles. The van der Waals surface area contributed by atoms with Gasteiger partial charge < -0.3 is 4.42 Å². The molecule has 0 unspecified atom stereocenters. The van der Waals surface area contributed by atoms with Crippen molar-refractivity contribution in [2.24, 2.45) is 0 Å². The van der Waals surface area contributed by atoms with Crippen LogP contribution in [-0.2, 0) is 0 Å². The van der Waals surface area contributed by atoms with Crippen molar-refractivity contribution < 1.29 is 4.42 Å². The van der Waals surface area contributed by atoms with E-state index in [2.05, 4.69) is 76.2 Å². The van der Waals surface area contributed by atoms with Gasteiger partial charge in [0.05, 0.1) is 0 Å². The maximum absolute atomic E-state index is 5.97. The number of para-hydroxylation sites is 1. The number of fused-ring (bicyclic) bond motifs is 3. The van der Waals surface area contributed by atoms with E-state index in [-0.39, 0.29) is 0 Å². The second-order valence-corrected chi connectivity index (χ2v) is 7.51. The van der Waals surface area contributed by atoms with Crippen LogP contribution in [0.25, 0.3) is 33.1 Å². The van der Waals surface area contributed by atoms with Crippen molar-refractivity contribution in [3.63, 3.8) is 0 Å². The molecule has 0 amide bonds. The quantitative estimate of drug-likeness (QED) is 0.379. The molecule has 0 aliphatic heterocycles. The van der Waals surface area contributed by atoms with E-state index >= 15 is 0 Å². The summed E-state index contributed by atoms with van der Waals surface area (Å²) in [7, 11) is 0. The lowest BCUT2D eigenvalue weighted by Gasteiger charge is -2.14. The van der Waals surface area contributed by atoms with Gasteiger partial charge in [-0.3, -0.25) is 0 Å². The Balaban J connectivity index is 1.93. The van der Waals surface area contributed by atoms with Crippen LogP contribution < -0.4 is 0 Å². The minimum Gasteiger partial charge on any atom is -0.456 e. The second kappa shape index (κ2) is 6.07. The van der Waals surface area contributed by atoms with Crippen LogP contribution in [-0.4, -0.2) is 0 Å². The van der Waals surface area contributed by atoms with Crippen LogP contribution in [0.5, 0.6) is 0 Å². The molecular formula is C24H24O. The number of hydrogen-bond donors (Lipinski definition) is 0. The van der Waals surface area contributed by atoms with Crippen molar-refractivity contribution in [1.82, 2.24) is 0 Å². The van der Waals surface area contributed by atoms with E-state index in [1.165, 1.54) is 33.0 Å². The first-order chi connectivity index (χ1) is 12.0. The number of benzene rings is 3. The molecule has 1 heterocycles. The normalized spacial score (nSPS) is 11.9. The highest BCUT2D eigenvalue weighted by molar-refractivity contribution is 6.06. The molecule has 25 heavy (non-hydrogen) atoms. The van der Waals surface area contributed by atoms with Gasteiger partial charge >= 0.3 is 0 Å². The molecule has 3 aromatic carbocycles. The number of rotatable bonds is 3. The zero-order chi connectivity index (χ0) is 17.6. The van der Waals surface area contributed by atoms with Gasteiger partial charge in [0.1, 0.15) is 11.2 Å². The summed E-state index contributed by atoms with van der Waals surface area (Å²) in [5, 5.41) is 2.37. The van der Waals surface area contributed by atoms with Crippen LogP contribution in [0.2, 0.25) is 0 Å². The molecule has 4 rings (SSSR count). The third-order valence-electron chi connectivity index (χ3n) is 5.02. The van der Waals surface area contributed by atoms with E-state index in [1.807, 2.05) is 12.1 Å². The molecule has 0 saturated heterocycles. The highest BCUT2D eigenvalue weighted by Crippen LogP contribution is 2.34. The maximum atomic E-state index is 5.97. The molecule has 0 N–H and O–H groups in total. The van der Waals surface area contributed by atoms with Crippen LogP contribution in [0.1, 0.15) is 50.7 Å². The Kier molecular flexibility index (Phi) is 3.88. The van der Waals surface area contributed by atoms with Crippen LogP contribution in [0, 0.1) is 0 Å². The van der Waals surface area contributed by atoms with Crippen LogP contribution in [0.4, 0.5) is 0 Å². The van der Waals surface area contributed by atoms with Gasteiger partial charge in [-0.1, -0.05) is 70.2 Å². The first-order valence-electron chi connectivity index (χ1n) is 9.09. The predicted molar refractivity (Wildman–Crippen MR) is 107 cm³/mol. The van der Waals surface area contributed by atoms with E-state index < -0.39 is 0 Å². The van der Waals surface area contributed by atoms with Crippen molar-refractivity contribution in [3.8, 4) is 11.1 Å². The summed E-state index contributed by atoms with van der Waals surface area (Å²) in [4.78, 5) is 0. The fourth-order valence-corrected chi connectivity index (χ4v) is 3.42. The van der Waals surface area contributed by atoms with Gasteiger partial charge in [-0.05, 0) is 52.3 Å². The molecule has 126 valence electrons. The molecule has 4 aromatic rings. The lowest BCUT2D eigenvalue weighted by atomic mass is 9.90. The predicted octanol–water partition coefficient (Wildman–Crippen LogP) is 7.50. The van der Waals surface area contributed by atoms with Gasteiger partial charge in [0, 0.05) is 10.8 Å². The summed E-state index contributed by atoms with van der Waals surface area (Å²) in [6, 6.07) is 21.8. The molecule has 1 aromatic heterocycles. The largest absolute Gasteiger partial charge is 0.456 e. The van der Waals surface area contributed by atoms with Gasteiger partial charge in [-0.25, -0.2) is 0 Å². The van der Waals surface area contributed by atoms with E-state index in [0.717, 1.165) is 11.2 Å². The highest BCUT2D eigenvalue weighted by atomic mass is 16.3. The van der Waals surface area contributed by atoms with E-state index in [0.29, 0.717) is 11.8 Å². The summed E-state index contributed by atoms with van der Waals surface area (Å²) in [6.07, 6.45) is 0. The Bertz CT molecular complexity index is 1020. The number of furan rings is 1. The van der Waals surface area contributed by atoms with Gasteiger partial charge in [0.15, 0.2) is 0 Å². The number of hydrogen-bond acceptors (Lipinski definition) is 1. The van der Waals surface area contributed by atoms with Gasteiger partial charge in [0.2, 0.25) is 0 Å². The topological polar surface area (TPSA) is 13.1 Å². The van der Waals surface area contributed by atoms with Crippen molar-refractivity contribution in [1.29, 1.82) is 0 Å². The third kappa shape index (κ3) is 2.84. The van der Waals surface area contributed by atoms with Crippen molar-refractivity contribution in [2.45, 2.75) is 39.5 Å². The summed E-state index contributed by atoms with van der Waals surface area (Å²) in [6.45, 7) is 9.04. The lowest BCUT2D eigenvalue weighted by molar-refractivity contribution is 0.669. The monoisotopic (exact) mass is 328 g/mol. The minimum atomic E-state index is 0.524. The Morgan fingerprint density at radius 2 is 1.24 bits per heavy atom. The van der Waals surface area contributed by atoms with Gasteiger partial charge in [0.25, 0.3) is 0 Å². The molecule has 1 nitrogen and oxygen atoms in total. The Hall–Kier alpha value is -2.54. The highest BCUT2D eigenvalue weighted by Gasteiger charge is 2.11. The first-order valence-corrected chi connectivity index (χ1v) is 9.09. The summed E-state index contributed by atoms with van der Waals surface area (Å²) >= 11 is 0. The van der Waals surface area contributed by atoms with E-state index in [4.69, 9.17) is 4.42 Å². The van der Waals surface area contributed by atoms with Gasteiger partial charge in [-0.15, -0.1) is 0 Å². The molecule has 0 radical (unpaired) electrons. The fourth-order valence-electron chi connectivity index (χ4n) is 3.42. The first kappa shape index (κ1) is 16.0. The SMILES string of the molecule is CC(C)c1cc(-c2ccc3oc4ccccc4c3c2)cc(C(C)C)c1. The average molecular weight is 328 g/mol. The maximum Gasteiger partial charge on any atom is 0.135 e. The molecule has 0 atom stereocenters. The molecule has 1 heteroatoms. The minimum absolute atomic E-state index is 0.524. The molecule has 0 spiro atoms. The molecule has 0 fully saturated rings. The molecular weight excluding hydrogens is 304 g/mol. The van der Waals surface area contributed by atoms with Crippen LogP contribution in [0.3, 0.4) is 0 Å². The van der Waals surface area contributed by atoms with Crippen LogP contribution >= 0.6 is 0 Å². The summed E-state index contributed by atoms with van der Waals surface area (Å²) < 4.78 is 5.97. The standard InChI is InChI=1S/C24H24O/c1-15(2)18-11-19(16(3)4)13-20(12-18)17-9-10-24-22(14-17)21-7-5-6-8-23(21)25-24/h5-16H,1-4H3. The molecule has 0 aliphatic rings. The molecule has 0 bridgehead atoms. The zero-order valence-corrected chi connectivity index (χ0v) is 15.3. The lowest BCUT2D eigenvalue weighted by Crippen LogP contribution is -1.95. The second-order valence-electron chi connectivity index (χ2n) is 7.51. The van der Waals surface area contributed by atoms with E-state index in [1.54, 1.807) is 0 Å². The van der Waals surface area contributed by atoms with Gasteiger partial charge in [-0.2, -0.15) is 0 Å². The van der Waals surface area contributed by atoms with E-state index in [9.17, 15) is 0 Å². The van der Waals surface area contributed by atoms with Crippen LogP contribution in [0.15, 0.2) is 65.1 Å². The molecule has 0 saturated carbocycles. The summed E-state index contributed by atoms with van der Waals surface area (Å²) in [5.74, 6) is 1.05. The van der Waals surface area contributed by atoms with Crippen molar-refractivity contribution >= 4 is 21.9 Å². The average Bonchev–Trinajstić information content (AvgIpc) is 2.99. The van der Waals surface area contributed by atoms with Crippen molar-refractivity contribution in [3.05, 3.63) is 71.8 Å². The fraction of sp³-hybridized carbons (Fsp3) is 0.250.